The average molecular weight is 2140 g/mol. The van der Waals surface area contributed by atoms with Crippen molar-refractivity contribution in [1.82, 2.24) is 66.9 Å². The molecule has 0 aliphatic carbocycles. The molecule has 16 rings (SSSR count). The van der Waals surface area contributed by atoms with Gasteiger partial charge in [0.15, 0.2) is 33.9 Å². The number of carbonyl (C=O) groups is 4. The predicted molar refractivity (Wildman–Crippen MR) is 520 cm³/mol. The Bertz CT molecular complexity index is 7700. The quantitative estimate of drug-likeness (QED) is 0.0170. The van der Waals surface area contributed by atoms with Crippen molar-refractivity contribution in [3.63, 3.8) is 0 Å². The number of carboxylic acids is 1. The lowest BCUT2D eigenvalue weighted by atomic mass is 10.1. The Morgan fingerprint density at radius 3 is 1.16 bits per heavy atom. The molecule has 0 aliphatic rings. The van der Waals surface area contributed by atoms with Gasteiger partial charge in [0.2, 0.25) is 46.0 Å². The summed E-state index contributed by atoms with van der Waals surface area (Å²) in [6, 6.07) is 39.1. The minimum absolute atomic E-state index is 0.0281. The van der Waals surface area contributed by atoms with E-state index in [2.05, 4.69) is 95.9 Å². The highest BCUT2D eigenvalue weighted by Crippen LogP contribution is 2.39. The average Bonchev–Trinajstić information content (AvgIpc) is 1.62. The monoisotopic (exact) mass is 2130 g/mol. The van der Waals surface area contributed by atoms with E-state index in [0.717, 1.165) is 46.4 Å². The number of carbonyl (C=O) groups excluding carboxylic acids is 3. The topological polar surface area (TPSA) is 524 Å². The van der Waals surface area contributed by atoms with Crippen LogP contribution in [0.4, 0.5) is 39.9 Å². The second-order valence-corrected chi connectivity index (χ2v) is 39.5. The van der Waals surface area contributed by atoms with Crippen molar-refractivity contribution >= 4 is 233 Å². The van der Waals surface area contributed by atoms with Crippen LogP contribution in [-0.4, -0.2) is 189 Å². The Kier molecular flexibility index (Phi) is 31.8. The zero-order valence-electron chi connectivity index (χ0n) is 71.8. The fourth-order valence-electron chi connectivity index (χ4n) is 13.2. The third-order valence-electron chi connectivity index (χ3n) is 18.6. The van der Waals surface area contributed by atoms with Crippen LogP contribution in [0.5, 0.6) is 17.2 Å². The number of ether oxygens (including phenoxy) is 5. The molecule has 702 valence electrons. The van der Waals surface area contributed by atoms with Crippen LogP contribution >= 0.6 is 89.9 Å². The molecule has 3 aromatic carbocycles. The number of benzene rings is 3. The Labute approximate surface area is 806 Å². The number of hydrogen-bond acceptors (Lipinski definition) is 27. The molecule has 50 heteroatoms. The van der Waals surface area contributed by atoms with Crippen LogP contribution in [-0.2, 0) is 101 Å². The van der Waals surface area contributed by atoms with Gasteiger partial charge in [-0.25, -0.2) is 73.5 Å². The number of nitrogens with two attached hydrogens (primary N) is 2. The van der Waals surface area contributed by atoms with Crippen LogP contribution in [0.25, 0.3) is 73.2 Å². The second kappa shape index (κ2) is 42.6. The molecule has 16 aromatic rings. The maximum absolute atomic E-state index is 12.7. The number of fused-ring (bicyclic) bond motifs is 6. The van der Waals surface area contributed by atoms with Gasteiger partial charge in [0.25, 0.3) is 0 Å². The molecule has 0 aliphatic heterocycles. The van der Waals surface area contributed by atoms with E-state index in [-0.39, 0.29) is 71.3 Å². The van der Waals surface area contributed by atoms with Crippen molar-refractivity contribution < 1.29 is 81.6 Å². The first-order valence-corrected chi connectivity index (χ1v) is 50.2. The maximum atomic E-state index is 12.7. The lowest BCUT2D eigenvalue weighted by Gasteiger charge is -2.12. The first-order chi connectivity index (χ1) is 63.3. The van der Waals surface area contributed by atoms with E-state index >= 15 is 0 Å². The number of amides is 1. The Morgan fingerprint density at radius 1 is 0.418 bits per heavy atom. The molecule has 0 radical (unpaired) electrons. The highest BCUT2D eigenvalue weighted by Gasteiger charge is 2.24. The molecule has 0 unspecified atom stereocenters. The van der Waals surface area contributed by atoms with Gasteiger partial charge in [-0.15, -0.1) is 0 Å². The minimum atomic E-state index is -3.58. The number of H-pyrrole nitrogens is 1. The number of pyridine rings is 7. The summed E-state index contributed by atoms with van der Waals surface area (Å²) >= 11 is 37.9. The number of nitrogen functional groups attached to an aromatic ring is 2. The third-order valence-corrected chi connectivity index (χ3v) is 23.6. The molecule has 134 heavy (non-hydrogen) atoms. The number of methoxy groups -OCH3 is 3. The smallest absolute Gasteiger partial charge is 0.311 e. The second-order valence-electron chi connectivity index (χ2n) is 28.9. The Balaban J connectivity index is 0.000000154. The number of halogens is 7. The van der Waals surface area contributed by atoms with E-state index in [9.17, 15) is 52.8 Å². The van der Waals surface area contributed by atoms with Gasteiger partial charge in [-0.2, -0.15) is 0 Å². The molecule has 0 spiro atoms. The van der Waals surface area contributed by atoms with Crippen LogP contribution in [0.3, 0.4) is 0 Å². The van der Waals surface area contributed by atoms with Crippen LogP contribution in [0.15, 0.2) is 180 Å². The summed E-state index contributed by atoms with van der Waals surface area (Å²) in [6.45, 7) is 4.18. The molecule has 0 atom stereocenters. The van der Waals surface area contributed by atoms with Crippen molar-refractivity contribution in [1.29, 1.82) is 0 Å². The summed E-state index contributed by atoms with van der Waals surface area (Å²) < 4.78 is 139. The van der Waals surface area contributed by atoms with E-state index in [4.69, 9.17) is 103 Å². The number of carboxylic acid groups (broad SMARTS) is 1. The molecule has 0 saturated heterocycles. The molecule has 0 saturated carbocycles. The number of hydrogen-bond donors (Lipinski definition) is 9. The lowest BCUT2D eigenvalue weighted by Crippen LogP contribution is -2.16. The van der Waals surface area contributed by atoms with Crippen molar-refractivity contribution in [2.75, 3.05) is 95.2 Å². The fourth-order valence-corrected chi connectivity index (χ4v) is 17.4. The van der Waals surface area contributed by atoms with E-state index < -0.39 is 52.0 Å². The molecule has 1 amide bonds. The summed E-state index contributed by atoms with van der Waals surface area (Å²) in [6.07, 6.45) is 12.8. The lowest BCUT2D eigenvalue weighted by molar-refractivity contribution is -0.143. The van der Waals surface area contributed by atoms with Crippen molar-refractivity contribution in [2.45, 2.75) is 46.0 Å². The van der Waals surface area contributed by atoms with E-state index in [1.54, 1.807) is 183 Å². The Morgan fingerprint density at radius 2 is 0.769 bits per heavy atom. The first kappa shape index (κ1) is 100. The number of nitrogens with zero attached hydrogens (tertiary/aromatic N) is 13. The van der Waals surface area contributed by atoms with E-state index in [1.807, 2.05) is 24.4 Å². The number of aromatic amines is 1. The number of aromatic nitrogens is 14. The van der Waals surface area contributed by atoms with Gasteiger partial charge in [0, 0.05) is 54.1 Å². The SMILES string of the molecule is CCOC(=O)Cc1cn2c(Br)ccc(N)c2n1.CCOC(=O)Cc1cn2c(Br)ccc(NS(C)(=O)=O)c2n1.COc1ccc(-c2ccc(NS(C)(=O)=O)c3nc(CC(=O)Nc4ccc(Cl)nc4N)cn23)c(Cl)c1.COc1ccc(-c2ccc(NS(C)(=O)=O)c3nc(CC(=O)O)cn23)c(Cl)c1.COc1ccc(-c2ccc(NS(C)(=O)=O)c3nc(Cc4nc5nc(Cl)ccc5[nH]4)cn23)c(Cl)c1. The Hall–Kier alpha value is -12.8. The summed E-state index contributed by atoms with van der Waals surface area (Å²) in [5, 5.41) is 13.6. The minimum Gasteiger partial charge on any atom is -0.497 e. The fraction of sp³-hybridized carbons (Fsp3) is 0.190. The molecule has 0 bridgehead atoms. The molecular weight excluding hydrogens is 2060 g/mol. The largest absolute Gasteiger partial charge is 0.497 e. The van der Waals surface area contributed by atoms with E-state index in [0.29, 0.717) is 164 Å². The van der Waals surface area contributed by atoms with Crippen molar-refractivity contribution in [3.8, 4) is 51.0 Å². The van der Waals surface area contributed by atoms with Gasteiger partial charge in [-0.05, 0) is 185 Å². The number of esters is 2. The zero-order valence-corrected chi connectivity index (χ0v) is 82.0. The molecule has 0 fully saturated rings. The standard InChI is InChI=1S/C22H20Cl2N6O4S.C22H18Cl2N6O3S.C17H16ClN3O5S.C12H14BrN3O4S.C11H12BrN3O2/c1-34-13-3-4-14(15(23)10-13)18-7-5-17(29-35(2,32)33)22-26-12(11-30(18)22)9-20(31)27-16-6-8-19(24)28-21(16)25;1-33-13-3-4-14(15(23)10-13)18-7-5-17(29-34(2,31)32)22-25-12(11-30(18)22)9-20-26-16-6-8-19(24)27-21(16)28-20;1-26-11-3-4-12(13(18)8-11)15-6-5-14(20-27(2,24)25)17-19-10(7-16(22)23)9-21(15)17;1-3-20-11(17)6-8-7-16-10(13)5-4-9(12(16)14-8)15-21(2,18)19;1-2-17-10(16)5-7-6-15-9(12)4-3-8(13)11(15)14-7/h3-8,10-11,29H,9H2,1-2H3,(H2,25,28)(H,27,31);3-8,10-11,29H,9H2,1-2H3,(H,26,27,28);3-6,8-9,20H,7H2,1-2H3,(H,22,23);4-5,7,15H,3,6H2,1-2H3;3-4,6H,2,5,13H2,1H3. The van der Waals surface area contributed by atoms with Gasteiger partial charge in [0.05, 0.1) is 195 Å². The van der Waals surface area contributed by atoms with E-state index in [1.165, 1.54) is 20.3 Å². The van der Waals surface area contributed by atoms with Gasteiger partial charge in [-0.1, -0.05) is 58.0 Å². The molecular formula is C84H80Br2Cl5N21O18S4. The van der Waals surface area contributed by atoms with Crippen molar-refractivity contribution in [3.05, 3.63) is 239 Å². The number of sulfonamides is 4. The zero-order chi connectivity index (χ0) is 97.2. The number of nitrogens with one attached hydrogen (secondary N) is 6. The molecule has 13 aromatic heterocycles. The number of imidazole rings is 6. The summed E-state index contributed by atoms with van der Waals surface area (Å²) in [5.74, 6) is 0.431. The third kappa shape index (κ3) is 26.0. The van der Waals surface area contributed by atoms with Crippen LogP contribution in [0.2, 0.25) is 25.4 Å². The normalized spacial score (nSPS) is 11.5. The summed E-state index contributed by atoms with van der Waals surface area (Å²) in [7, 11) is -9.42. The maximum Gasteiger partial charge on any atom is 0.311 e. The van der Waals surface area contributed by atoms with Gasteiger partial charge >= 0.3 is 17.9 Å². The van der Waals surface area contributed by atoms with Crippen LogP contribution < -0.4 is 49.9 Å². The summed E-state index contributed by atoms with van der Waals surface area (Å²) in [4.78, 5) is 84.4. The molecule has 13 heterocycles. The van der Waals surface area contributed by atoms with Crippen molar-refractivity contribution in [2.24, 2.45) is 0 Å². The molecule has 11 N–H and O–H groups in total. The molecule has 39 nitrogen and oxygen atoms in total. The predicted octanol–water partition coefficient (Wildman–Crippen LogP) is 14.4. The highest BCUT2D eigenvalue weighted by molar-refractivity contribution is 9.10. The highest BCUT2D eigenvalue weighted by atomic mass is 79.9. The number of rotatable bonds is 27. The van der Waals surface area contributed by atoms with Gasteiger partial charge < -0.3 is 50.6 Å². The van der Waals surface area contributed by atoms with Crippen LogP contribution in [0, 0.1) is 0 Å². The number of aliphatic carboxylic acids is 1. The van der Waals surface area contributed by atoms with Crippen LogP contribution in [0.1, 0.15) is 48.1 Å². The summed E-state index contributed by atoms with van der Waals surface area (Å²) in [5.41, 5.74) is 23.5. The first-order valence-electron chi connectivity index (χ1n) is 39.1. The van der Waals surface area contributed by atoms with Gasteiger partial charge in [-0.3, -0.25) is 60.1 Å². The number of anilines is 7. The van der Waals surface area contributed by atoms with Gasteiger partial charge in [0.1, 0.15) is 39.2 Å².